The fourth-order valence-corrected chi connectivity index (χ4v) is 2.30. The van der Waals surface area contributed by atoms with Crippen LogP contribution in [0.5, 0.6) is 5.75 Å². The van der Waals surface area contributed by atoms with Crippen molar-refractivity contribution in [3.05, 3.63) is 28.8 Å². The van der Waals surface area contributed by atoms with E-state index in [1.54, 1.807) is 7.11 Å². The molecule has 0 fully saturated rings. The van der Waals surface area contributed by atoms with Crippen LogP contribution in [-0.2, 0) is 4.74 Å². The van der Waals surface area contributed by atoms with Crippen molar-refractivity contribution in [3.63, 3.8) is 0 Å². The van der Waals surface area contributed by atoms with Gasteiger partial charge in [-0.05, 0) is 49.4 Å². The highest BCUT2D eigenvalue weighted by Gasteiger charge is 2.33. The summed E-state index contributed by atoms with van der Waals surface area (Å²) in [4.78, 5) is 12.8. The molecule has 0 radical (unpaired) electrons. The predicted octanol–water partition coefficient (Wildman–Crippen LogP) is 3.95. The number of aryl methyl sites for hydroxylation is 2. The van der Waals surface area contributed by atoms with Gasteiger partial charge in [0.2, 0.25) is 0 Å². The third kappa shape index (κ3) is 3.60. The lowest BCUT2D eigenvalue weighted by Gasteiger charge is -2.29. The van der Waals surface area contributed by atoms with Crippen LogP contribution < -0.4 is 4.74 Å². The molecule has 0 aromatic heterocycles. The first-order chi connectivity index (χ1) is 9.22. The van der Waals surface area contributed by atoms with Crippen molar-refractivity contribution in [2.45, 2.75) is 47.6 Å². The fraction of sp³-hybridized carbons (Fsp3) is 0.588. The topological polar surface area (TPSA) is 35.5 Å². The van der Waals surface area contributed by atoms with E-state index in [0.29, 0.717) is 6.61 Å². The number of carbonyl (C=O) groups excluding carboxylic acids is 1. The highest BCUT2D eigenvalue weighted by atomic mass is 16.5. The third-order valence-corrected chi connectivity index (χ3v) is 3.37. The van der Waals surface area contributed by atoms with E-state index in [-0.39, 0.29) is 11.2 Å². The fourth-order valence-electron chi connectivity index (χ4n) is 2.30. The van der Waals surface area contributed by atoms with E-state index in [2.05, 4.69) is 0 Å². The van der Waals surface area contributed by atoms with Gasteiger partial charge in [-0.15, -0.1) is 0 Å². The van der Waals surface area contributed by atoms with Crippen molar-refractivity contribution in [1.82, 2.24) is 0 Å². The van der Waals surface area contributed by atoms with Crippen molar-refractivity contribution in [2.24, 2.45) is 5.41 Å². The summed E-state index contributed by atoms with van der Waals surface area (Å²) in [7, 11) is 1.64. The minimum Gasteiger partial charge on any atom is -0.496 e. The summed E-state index contributed by atoms with van der Waals surface area (Å²) in [5, 5.41) is 0. The standard InChI is InChI=1S/C17H26O3/c1-8-20-16(17(4,5)6)15(18)13-9-12(3)14(19-7)10-11(13)2/h9-10,16H,8H2,1-7H3. The largest absolute Gasteiger partial charge is 0.496 e. The lowest BCUT2D eigenvalue weighted by atomic mass is 9.83. The number of ether oxygens (including phenoxy) is 2. The van der Waals surface area contributed by atoms with E-state index in [4.69, 9.17) is 9.47 Å². The van der Waals surface area contributed by atoms with Gasteiger partial charge in [0.15, 0.2) is 5.78 Å². The maximum Gasteiger partial charge on any atom is 0.192 e. The van der Waals surface area contributed by atoms with Crippen molar-refractivity contribution in [2.75, 3.05) is 13.7 Å². The zero-order valence-corrected chi connectivity index (χ0v) is 13.7. The molecule has 112 valence electrons. The van der Waals surface area contributed by atoms with Crippen molar-refractivity contribution < 1.29 is 14.3 Å². The molecular weight excluding hydrogens is 252 g/mol. The molecule has 1 aromatic rings. The molecule has 3 nitrogen and oxygen atoms in total. The van der Waals surface area contributed by atoms with Crippen molar-refractivity contribution in [1.29, 1.82) is 0 Å². The number of ketones is 1. The molecule has 1 unspecified atom stereocenters. The Morgan fingerprint density at radius 2 is 1.80 bits per heavy atom. The second kappa shape index (κ2) is 6.40. The Morgan fingerprint density at radius 1 is 1.20 bits per heavy atom. The van der Waals surface area contributed by atoms with Crippen LogP contribution in [0.1, 0.15) is 49.2 Å². The summed E-state index contributed by atoms with van der Waals surface area (Å²) in [6.45, 7) is 12.4. The summed E-state index contributed by atoms with van der Waals surface area (Å²) in [6.07, 6.45) is -0.431. The van der Waals surface area contributed by atoms with E-state index in [9.17, 15) is 4.79 Å². The monoisotopic (exact) mass is 278 g/mol. The summed E-state index contributed by atoms with van der Waals surface area (Å²) < 4.78 is 11.0. The molecule has 0 aliphatic rings. The minimum atomic E-state index is -0.431. The molecule has 1 aromatic carbocycles. The minimum absolute atomic E-state index is 0.0441. The molecule has 0 spiro atoms. The van der Waals surface area contributed by atoms with E-state index < -0.39 is 6.10 Å². The van der Waals surface area contributed by atoms with Gasteiger partial charge < -0.3 is 9.47 Å². The SMILES string of the molecule is CCOC(C(=O)c1cc(C)c(OC)cc1C)C(C)(C)C. The third-order valence-electron chi connectivity index (χ3n) is 3.37. The van der Waals surface area contributed by atoms with Gasteiger partial charge in [0.25, 0.3) is 0 Å². The van der Waals surface area contributed by atoms with Crippen LogP contribution in [0.3, 0.4) is 0 Å². The maximum atomic E-state index is 12.8. The highest BCUT2D eigenvalue weighted by molar-refractivity contribution is 6.01. The average molecular weight is 278 g/mol. The van der Waals surface area contributed by atoms with E-state index in [0.717, 1.165) is 22.4 Å². The molecular formula is C17H26O3. The average Bonchev–Trinajstić information content (AvgIpc) is 2.36. The number of Topliss-reactive ketones (excluding diaryl/α,β-unsaturated/α-hetero) is 1. The predicted molar refractivity (Wildman–Crippen MR) is 81.7 cm³/mol. The molecule has 1 rings (SSSR count). The van der Waals surface area contributed by atoms with Gasteiger partial charge in [-0.3, -0.25) is 4.79 Å². The first-order valence-electron chi connectivity index (χ1n) is 7.03. The molecule has 20 heavy (non-hydrogen) atoms. The van der Waals surface area contributed by atoms with Gasteiger partial charge in [-0.2, -0.15) is 0 Å². The first kappa shape index (κ1) is 16.7. The summed E-state index contributed by atoms with van der Waals surface area (Å²) in [5.74, 6) is 0.852. The van der Waals surface area contributed by atoms with Crippen molar-refractivity contribution >= 4 is 5.78 Å². The normalized spacial score (nSPS) is 13.2. The molecule has 0 N–H and O–H groups in total. The van der Waals surface area contributed by atoms with Crippen LogP contribution in [0.15, 0.2) is 12.1 Å². The van der Waals surface area contributed by atoms with Gasteiger partial charge in [0.05, 0.1) is 7.11 Å². The van der Waals surface area contributed by atoms with E-state index in [1.807, 2.05) is 53.7 Å². The molecule has 1 atom stereocenters. The van der Waals surface area contributed by atoms with E-state index >= 15 is 0 Å². The quantitative estimate of drug-likeness (QED) is 0.765. The number of hydrogen-bond acceptors (Lipinski definition) is 3. The first-order valence-corrected chi connectivity index (χ1v) is 7.03. The Morgan fingerprint density at radius 3 is 2.25 bits per heavy atom. The molecule has 0 amide bonds. The highest BCUT2D eigenvalue weighted by Crippen LogP contribution is 2.29. The van der Waals surface area contributed by atoms with E-state index in [1.165, 1.54) is 0 Å². The van der Waals surface area contributed by atoms with Gasteiger partial charge in [0.1, 0.15) is 11.9 Å². The van der Waals surface area contributed by atoms with Crippen LogP contribution in [-0.4, -0.2) is 25.6 Å². The smallest absolute Gasteiger partial charge is 0.192 e. The lowest BCUT2D eigenvalue weighted by Crippen LogP contribution is -2.37. The molecule has 0 saturated heterocycles. The van der Waals surface area contributed by atoms with Gasteiger partial charge in [-0.1, -0.05) is 20.8 Å². The molecule has 0 bridgehead atoms. The van der Waals surface area contributed by atoms with Gasteiger partial charge >= 0.3 is 0 Å². The summed E-state index contributed by atoms with van der Waals surface area (Å²) in [5.41, 5.74) is 2.38. The summed E-state index contributed by atoms with van der Waals surface area (Å²) in [6, 6.07) is 3.81. The number of carbonyl (C=O) groups is 1. The zero-order valence-electron chi connectivity index (χ0n) is 13.7. The summed E-state index contributed by atoms with van der Waals surface area (Å²) >= 11 is 0. The Labute approximate surface area is 122 Å². The zero-order chi connectivity index (χ0) is 15.5. The van der Waals surface area contributed by atoms with Crippen LogP contribution >= 0.6 is 0 Å². The number of benzene rings is 1. The molecule has 0 saturated carbocycles. The molecule has 0 heterocycles. The van der Waals surface area contributed by atoms with Crippen LogP contribution in [0.2, 0.25) is 0 Å². The van der Waals surface area contributed by atoms with Gasteiger partial charge in [-0.25, -0.2) is 0 Å². The second-order valence-electron chi connectivity index (χ2n) is 6.20. The Hall–Kier alpha value is -1.35. The molecule has 0 aliphatic heterocycles. The maximum absolute atomic E-state index is 12.8. The number of methoxy groups -OCH3 is 1. The Bertz CT molecular complexity index is 484. The Kier molecular flexibility index (Phi) is 5.35. The molecule has 0 aliphatic carbocycles. The van der Waals surface area contributed by atoms with Crippen LogP contribution in [0.4, 0.5) is 0 Å². The lowest BCUT2D eigenvalue weighted by molar-refractivity contribution is -0.000271. The van der Waals surface area contributed by atoms with Crippen molar-refractivity contribution in [3.8, 4) is 5.75 Å². The van der Waals surface area contributed by atoms with Crippen LogP contribution in [0, 0.1) is 19.3 Å². The molecule has 3 heteroatoms. The Balaban J connectivity index is 3.22. The van der Waals surface area contributed by atoms with Crippen LogP contribution in [0.25, 0.3) is 0 Å². The number of hydrogen-bond donors (Lipinski definition) is 0. The number of rotatable bonds is 5. The van der Waals surface area contributed by atoms with Gasteiger partial charge in [0, 0.05) is 12.2 Å². The second-order valence-corrected chi connectivity index (χ2v) is 6.20.